The van der Waals surface area contributed by atoms with Crippen LogP contribution in [0.15, 0.2) is 12.1 Å². The number of hydrogen-bond donors (Lipinski definition) is 3. The summed E-state index contributed by atoms with van der Waals surface area (Å²) in [5.41, 5.74) is 4.22. The van der Waals surface area contributed by atoms with E-state index in [0.717, 1.165) is 30.6 Å². The third-order valence-electron chi connectivity index (χ3n) is 5.12. The predicted octanol–water partition coefficient (Wildman–Crippen LogP) is 3.30. The molecule has 7 heteroatoms. The fraction of sp³-hybridized carbons (Fsp3) is 0.368. The number of H-pyrrole nitrogens is 1. The molecule has 5 nitrogen and oxygen atoms in total. The van der Waals surface area contributed by atoms with Crippen LogP contribution in [0.1, 0.15) is 56.1 Å². The van der Waals surface area contributed by atoms with Crippen molar-refractivity contribution in [1.82, 2.24) is 10.3 Å². The van der Waals surface area contributed by atoms with E-state index in [4.69, 9.17) is 0 Å². The Morgan fingerprint density at radius 2 is 2.04 bits per heavy atom. The molecule has 138 valence electrons. The van der Waals surface area contributed by atoms with E-state index in [9.17, 15) is 14.0 Å². The lowest BCUT2D eigenvalue weighted by Gasteiger charge is -2.19. The molecule has 0 atom stereocenters. The van der Waals surface area contributed by atoms with Gasteiger partial charge >= 0.3 is 0 Å². The van der Waals surface area contributed by atoms with Gasteiger partial charge in [-0.3, -0.25) is 9.59 Å². The number of ketones is 1. The molecular weight excluding hydrogens is 357 g/mol. The summed E-state index contributed by atoms with van der Waals surface area (Å²) in [5, 5.41) is 5.87. The average Bonchev–Trinajstić information content (AvgIpc) is 2.96. The Kier molecular flexibility index (Phi) is 5.16. The zero-order chi connectivity index (χ0) is 17.6. The summed E-state index contributed by atoms with van der Waals surface area (Å²) in [6, 6.07) is 3.44. The van der Waals surface area contributed by atoms with Gasteiger partial charge in [-0.2, -0.15) is 0 Å². The number of Topliss-reactive ketones (excluding diaryl/α,β-unsaturated/α-hetero) is 1. The van der Waals surface area contributed by atoms with Crippen molar-refractivity contribution < 1.29 is 14.0 Å². The maximum absolute atomic E-state index is 14.7. The van der Waals surface area contributed by atoms with Crippen molar-refractivity contribution in [1.29, 1.82) is 0 Å². The van der Waals surface area contributed by atoms with E-state index in [1.54, 1.807) is 13.0 Å². The summed E-state index contributed by atoms with van der Waals surface area (Å²) in [6.45, 7) is 3.14. The van der Waals surface area contributed by atoms with Crippen molar-refractivity contribution >= 4 is 29.8 Å². The number of aromatic nitrogens is 1. The van der Waals surface area contributed by atoms with Gasteiger partial charge in [-0.15, -0.1) is 12.4 Å². The third kappa shape index (κ3) is 3.04. The lowest BCUT2D eigenvalue weighted by atomic mass is 9.94. The molecule has 1 amide bonds. The number of halogens is 2. The number of fused-ring (bicyclic) bond motifs is 2. The van der Waals surface area contributed by atoms with Crippen molar-refractivity contribution in [3.63, 3.8) is 0 Å². The minimum Gasteiger partial charge on any atom is -0.354 e. The smallest absolute Gasteiger partial charge is 0.272 e. The Morgan fingerprint density at radius 1 is 1.23 bits per heavy atom. The van der Waals surface area contributed by atoms with Gasteiger partial charge in [0, 0.05) is 24.2 Å². The fourth-order valence-electron chi connectivity index (χ4n) is 3.82. The molecule has 2 aromatic rings. The molecule has 0 unspecified atom stereocenters. The molecule has 4 rings (SSSR count). The van der Waals surface area contributed by atoms with Crippen LogP contribution in [0.5, 0.6) is 0 Å². The number of hydrogen-bond acceptors (Lipinski definition) is 3. The molecule has 1 aliphatic heterocycles. The first-order valence-corrected chi connectivity index (χ1v) is 8.63. The van der Waals surface area contributed by atoms with Crippen molar-refractivity contribution in [2.45, 2.75) is 39.2 Å². The van der Waals surface area contributed by atoms with E-state index >= 15 is 0 Å². The highest BCUT2D eigenvalue weighted by Crippen LogP contribution is 2.28. The molecule has 0 fully saturated rings. The molecule has 0 spiro atoms. The maximum Gasteiger partial charge on any atom is 0.272 e. The topological polar surface area (TPSA) is 74.0 Å². The van der Waals surface area contributed by atoms with E-state index in [1.165, 1.54) is 0 Å². The number of rotatable bonds is 2. The number of aromatic amines is 1. The van der Waals surface area contributed by atoms with Gasteiger partial charge in [0.15, 0.2) is 5.78 Å². The monoisotopic (exact) mass is 377 g/mol. The average molecular weight is 378 g/mol. The summed E-state index contributed by atoms with van der Waals surface area (Å²) in [5.74, 6) is -0.702. The van der Waals surface area contributed by atoms with Crippen LogP contribution in [0, 0.1) is 12.7 Å². The maximum atomic E-state index is 14.7. The normalized spacial score (nSPS) is 15.7. The number of anilines is 1. The minimum atomic E-state index is -0.410. The van der Waals surface area contributed by atoms with Gasteiger partial charge in [0.05, 0.1) is 5.69 Å². The third-order valence-corrected chi connectivity index (χ3v) is 5.12. The van der Waals surface area contributed by atoms with Crippen molar-refractivity contribution in [3.05, 3.63) is 51.6 Å². The summed E-state index contributed by atoms with van der Waals surface area (Å²) in [6.07, 6.45) is 2.67. The van der Waals surface area contributed by atoms with E-state index in [2.05, 4.69) is 15.6 Å². The van der Waals surface area contributed by atoms with Crippen LogP contribution in [-0.2, 0) is 19.4 Å². The lowest BCUT2D eigenvalue weighted by Crippen LogP contribution is -2.25. The van der Waals surface area contributed by atoms with Gasteiger partial charge in [-0.05, 0) is 55.5 Å². The van der Waals surface area contributed by atoms with Crippen molar-refractivity contribution in [3.8, 4) is 0 Å². The zero-order valence-electron chi connectivity index (χ0n) is 14.5. The van der Waals surface area contributed by atoms with Crippen LogP contribution in [0.25, 0.3) is 0 Å². The summed E-state index contributed by atoms with van der Waals surface area (Å²) >= 11 is 0. The number of carbonyl (C=O) groups excluding carboxylic acids is 2. The van der Waals surface area contributed by atoms with Crippen LogP contribution in [0.4, 0.5) is 10.1 Å². The molecule has 1 aromatic carbocycles. The first kappa shape index (κ1) is 18.6. The second-order valence-corrected chi connectivity index (χ2v) is 6.70. The first-order valence-electron chi connectivity index (χ1n) is 8.63. The Hall–Kier alpha value is -2.18. The molecule has 0 saturated carbocycles. The minimum absolute atomic E-state index is 0. The molecule has 2 heterocycles. The highest BCUT2D eigenvalue weighted by atomic mass is 35.5. The second kappa shape index (κ2) is 7.21. The van der Waals surface area contributed by atoms with Crippen LogP contribution >= 0.6 is 12.4 Å². The van der Waals surface area contributed by atoms with Gasteiger partial charge in [-0.1, -0.05) is 6.07 Å². The molecule has 0 saturated heterocycles. The van der Waals surface area contributed by atoms with Crippen LogP contribution in [0.2, 0.25) is 0 Å². The van der Waals surface area contributed by atoms with E-state index in [0.29, 0.717) is 41.8 Å². The van der Waals surface area contributed by atoms with Gasteiger partial charge in [-0.25, -0.2) is 4.39 Å². The molecule has 2 aliphatic rings. The predicted molar refractivity (Wildman–Crippen MR) is 99.8 cm³/mol. The number of amides is 1. The fourth-order valence-corrected chi connectivity index (χ4v) is 3.82. The zero-order valence-corrected chi connectivity index (χ0v) is 15.3. The number of carbonyl (C=O) groups is 2. The van der Waals surface area contributed by atoms with E-state index in [-0.39, 0.29) is 29.7 Å². The van der Waals surface area contributed by atoms with Gasteiger partial charge in [0.25, 0.3) is 5.91 Å². The van der Waals surface area contributed by atoms with Gasteiger partial charge in [0.1, 0.15) is 11.5 Å². The first-order chi connectivity index (χ1) is 12.1. The molecule has 0 radical (unpaired) electrons. The Labute approximate surface area is 157 Å². The number of benzene rings is 1. The van der Waals surface area contributed by atoms with Gasteiger partial charge < -0.3 is 15.6 Å². The highest BCUT2D eigenvalue weighted by Gasteiger charge is 2.27. The quantitative estimate of drug-likeness (QED) is 0.751. The molecule has 3 N–H and O–H groups in total. The van der Waals surface area contributed by atoms with Crippen molar-refractivity contribution in [2.75, 3.05) is 11.9 Å². The van der Waals surface area contributed by atoms with E-state index in [1.807, 2.05) is 6.07 Å². The number of aryl methyl sites for hydroxylation is 1. The van der Waals surface area contributed by atoms with Crippen LogP contribution in [0.3, 0.4) is 0 Å². The molecule has 26 heavy (non-hydrogen) atoms. The molecule has 0 bridgehead atoms. The van der Waals surface area contributed by atoms with Crippen molar-refractivity contribution in [2.24, 2.45) is 0 Å². The molecule has 1 aromatic heterocycles. The number of nitrogens with one attached hydrogen (secondary N) is 3. The van der Waals surface area contributed by atoms with E-state index < -0.39 is 5.91 Å². The molecule has 1 aliphatic carbocycles. The second-order valence-electron chi connectivity index (χ2n) is 6.70. The summed E-state index contributed by atoms with van der Waals surface area (Å²) in [4.78, 5) is 27.8. The van der Waals surface area contributed by atoms with Gasteiger partial charge in [0.2, 0.25) is 0 Å². The Balaban J connectivity index is 0.00000196. The highest BCUT2D eigenvalue weighted by molar-refractivity contribution is 6.08. The SMILES string of the molecule is Cc1c(C(=O)Nc2ccc3c(c2F)CCNC3)[nH]c2c1C(=O)CCC2.Cl. The standard InChI is InChI=1S/C19H20FN3O2.ClH/c1-10-16-13(3-2-4-15(16)24)22-18(10)19(25)23-14-6-5-11-9-21-8-7-12(11)17(14)20;/h5-6,21-22H,2-4,7-9H2,1H3,(H,23,25);1H. The molecular formula is C19H21ClFN3O2. The Bertz CT molecular complexity index is 891. The Morgan fingerprint density at radius 3 is 2.81 bits per heavy atom. The largest absolute Gasteiger partial charge is 0.354 e. The van der Waals surface area contributed by atoms with Crippen LogP contribution in [-0.4, -0.2) is 23.2 Å². The van der Waals surface area contributed by atoms with Crippen LogP contribution < -0.4 is 10.6 Å². The lowest BCUT2D eigenvalue weighted by molar-refractivity contribution is 0.0971. The summed E-state index contributed by atoms with van der Waals surface area (Å²) < 4.78 is 14.7. The summed E-state index contributed by atoms with van der Waals surface area (Å²) in [7, 11) is 0.